The molecule has 0 bridgehead atoms. The van der Waals surface area contributed by atoms with E-state index in [1.54, 1.807) is 0 Å². The van der Waals surface area contributed by atoms with Crippen LogP contribution in [0.15, 0.2) is 6.20 Å². The van der Waals surface area contributed by atoms with E-state index in [1.165, 1.54) is 13.3 Å². The molecule has 0 aliphatic heterocycles. The standard InChI is InChI=1S/C16H17N5O2/c1-8-4-3-5-9-12(10(6-17)15(18)20-13(8)9)11-7-19-21-14(11)16(22)23-2/h7-8H,3-5H2,1-2H3,(H2,18,20)(H,19,21). The van der Waals surface area contributed by atoms with Crippen molar-refractivity contribution in [2.45, 2.75) is 32.1 Å². The summed E-state index contributed by atoms with van der Waals surface area (Å²) in [4.78, 5) is 16.4. The highest BCUT2D eigenvalue weighted by molar-refractivity contribution is 5.97. The lowest BCUT2D eigenvalue weighted by molar-refractivity contribution is 0.0595. The van der Waals surface area contributed by atoms with Crippen molar-refractivity contribution >= 4 is 11.8 Å². The van der Waals surface area contributed by atoms with Gasteiger partial charge >= 0.3 is 5.97 Å². The second-order valence-electron chi connectivity index (χ2n) is 5.67. The summed E-state index contributed by atoms with van der Waals surface area (Å²) in [5.41, 5.74) is 9.56. The molecule has 0 fully saturated rings. The first-order chi connectivity index (χ1) is 11.1. The summed E-state index contributed by atoms with van der Waals surface area (Å²) in [5, 5.41) is 16.1. The molecule has 1 atom stereocenters. The second-order valence-corrected chi connectivity index (χ2v) is 5.67. The molecule has 0 saturated heterocycles. The smallest absolute Gasteiger partial charge is 0.356 e. The summed E-state index contributed by atoms with van der Waals surface area (Å²) in [5.74, 6) is -0.0811. The zero-order chi connectivity index (χ0) is 16.6. The number of hydrogen-bond acceptors (Lipinski definition) is 6. The highest BCUT2D eigenvalue weighted by Gasteiger charge is 2.28. The van der Waals surface area contributed by atoms with Gasteiger partial charge in [0.25, 0.3) is 0 Å². The first kappa shape index (κ1) is 15.0. The van der Waals surface area contributed by atoms with Gasteiger partial charge in [-0.3, -0.25) is 5.10 Å². The Hall–Kier alpha value is -2.88. The molecule has 0 amide bonds. The average Bonchev–Trinajstić information content (AvgIpc) is 3.03. The zero-order valence-corrected chi connectivity index (χ0v) is 13.0. The van der Waals surface area contributed by atoms with Gasteiger partial charge in [-0.25, -0.2) is 9.78 Å². The third kappa shape index (κ3) is 2.32. The Morgan fingerprint density at radius 1 is 1.57 bits per heavy atom. The van der Waals surface area contributed by atoms with Crippen LogP contribution in [0.1, 0.15) is 53.0 Å². The molecule has 1 aliphatic carbocycles. The number of nitrogens with one attached hydrogen (secondary N) is 1. The normalized spacial score (nSPS) is 16.5. The van der Waals surface area contributed by atoms with E-state index in [1.807, 2.05) is 0 Å². The maximum Gasteiger partial charge on any atom is 0.356 e. The number of nitriles is 1. The van der Waals surface area contributed by atoms with Crippen molar-refractivity contribution < 1.29 is 9.53 Å². The van der Waals surface area contributed by atoms with Gasteiger partial charge in [0.15, 0.2) is 5.69 Å². The van der Waals surface area contributed by atoms with Crippen LogP contribution in [-0.2, 0) is 11.2 Å². The topological polar surface area (TPSA) is 118 Å². The molecule has 3 N–H and O–H groups in total. The van der Waals surface area contributed by atoms with Gasteiger partial charge in [0, 0.05) is 16.8 Å². The van der Waals surface area contributed by atoms with E-state index in [-0.39, 0.29) is 23.0 Å². The number of hydrogen-bond donors (Lipinski definition) is 2. The van der Waals surface area contributed by atoms with Gasteiger partial charge in [0.2, 0.25) is 0 Å². The van der Waals surface area contributed by atoms with E-state index in [0.29, 0.717) is 11.1 Å². The maximum atomic E-state index is 12.0. The number of aromatic nitrogens is 3. The molecule has 7 heteroatoms. The molecule has 23 heavy (non-hydrogen) atoms. The molecule has 118 valence electrons. The zero-order valence-electron chi connectivity index (χ0n) is 13.0. The quantitative estimate of drug-likeness (QED) is 0.820. The number of H-pyrrole nitrogens is 1. The van der Waals surface area contributed by atoms with Crippen LogP contribution in [-0.4, -0.2) is 28.3 Å². The van der Waals surface area contributed by atoms with Gasteiger partial charge in [-0.2, -0.15) is 10.4 Å². The number of nitrogens with two attached hydrogens (primary N) is 1. The van der Waals surface area contributed by atoms with Crippen LogP contribution < -0.4 is 5.73 Å². The second kappa shape index (κ2) is 5.72. The number of aromatic amines is 1. The van der Waals surface area contributed by atoms with Crippen molar-refractivity contribution in [3.05, 3.63) is 28.7 Å². The largest absolute Gasteiger partial charge is 0.464 e. The van der Waals surface area contributed by atoms with Crippen molar-refractivity contribution in [3.8, 4) is 17.2 Å². The van der Waals surface area contributed by atoms with Gasteiger partial charge in [-0.15, -0.1) is 0 Å². The molecule has 0 aromatic carbocycles. The Morgan fingerprint density at radius 2 is 2.35 bits per heavy atom. The summed E-state index contributed by atoms with van der Waals surface area (Å²) in [7, 11) is 1.30. The van der Waals surface area contributed by atoms with E-state index in [0.717, 1.165) is 30.5 Å². The average molecular weight is 311 g/mol. The van der Waals surface area contributed by atoms with E-state index < -0.39 is 5.97 Å². The van der Waals surface area contributed by atoms with Crippen molar-refractivity contribution in [2.75, 3.05) is 12.8 Å². The Bertz CT molecular complexity index is 819. The fraction of sp³-hybridized carbons (Fsp3) is 0.375. The van der Waals surface area contributed by atoms with Crippen LogP contribution in [0, 0.1) is 11.3 Å². The van der Waals surface area contributed by atoms with Gasteiger partial charge < -0.3 is 10.5 Å². The minimum absolute atomic E-state index is 0.187. The summed E-state index contributed by atoms with van der Waals surface area (Å²) in [6.45, 7) is 2.09. The van der Waals surface area contributed by atoms with Crippen molar-refractivity contribution in [3.63, 3.8) is 0 Å². The number of rotatable bonds is 2. The number of pyridine rings is 1. The van der Waals surface area contributed by atoms with Crippen molar-refractivity contribution in [1.29, 1.82) is 5.26 Å². The number of fused-ring (bicyclic) bond motifs is 1. The molecular formula is C16H17N5O2. The molecule has 7 nitrogen and oxygen atoms in total. The number of anilines is 1. The number of carbonyl (C=O) groups excluding carboxylic acids is 1. The molecule has 1 aliphatic rings. The molecule has 2 aromatic heterocycles. The lowest BCUT2D eigenvalue weighted by atomic mass is 9.82. The first-order valence-electron chi connectivity index (χ1n) is 7.42. The minimum atomic E-state index is -0.533. The van der Waals surface area contributed by atoms with E-state index in [2.05, 4.69) is 28.2 Å². The highest BCUT2D eigenvalue weighted by atomic mass is 16.5. The number of methoxy groups -OCH3 is 1. The van der Waals surface area contributed by atoms with Crippen LogP contribution in [0.3, 0.4) is 0 Å². The first-order valence-corrected chi connectivity index (χ1v) is 7.42. The fourth-order valence-corrected chi connectivity index (χ4v) is 3.19. The van der Waals surface area contributed by atoms with Crippen LogP contribution in [0.2, 0.25) is 0 Å². The maximum absolute atomic E-state index is 12.0. The van der Waals surface area contributed by atoms with E-state index in [4.69, 9.17) is 10.5 Å². The Morgan fingerprint density at radius 3 is 3.04 bits per heavy atom. The summed E-state index contributed by atoms with van der Waals surface area (Å²) in [6.07, 6.45) is 4.35. The van der Waals surface area contributed by atoms with Crippen LogP contribution >= 0.6 is 0 Å². The predicted molar refractivity (Wildman–Crippen MR) is 83.6 cm³/mol. The Kier molecular flexibility index (Phi) is 3.74. The monoisotopic (exact) mass is 311 g/mol. The number of nitrogen functional groups attached to an aromatic ring is 1. The molecule has 0 saturated carbocycles. The van der Waals surface area contributed by atoms with Gasteiger partial charge in [-0.05, 0) is 30.7 Å². The molecule has 0 radical (unpaired) electrons. The van der Waals surface area contributed by atoms with Crippen molar-refractivity contribution in [1.82, 2.24) is 15.2 Å². The number of nitrogens with zero attached hydrogens (tertiary/aromatic N) is 3. The fourth-order valence-electron chi connectivity index (χ4n) is 3.19. The minimum Gasteiger partial charge on any atom is -0.464 e. The number of ether oxygens (including phenoxy) is 1. The van der Waals surface area contributed by atoms with Crippen LogP contribution in [0.25, 0.3) is 11.1 Å². The number of carbonyl (C=O) groups is 1. The molecule has 0 spiro atoms. The van der Waals surface area contributed by atoms with Gasteiger partial charge in [0.1, 0.15) is 17.5 Å². The third-order valence-electron chi connectivity index (χ3n) is 4.30. The number of esters is 1. The molecule has 2 heterocycles. The predicted octanol–water partition coefficient (Wildman–Crippen LogP) is 2.15. The Labute approximate surface area is 133 Å². The molecule has 2 aromatic rings. The summed E-state index contributed by atoms with van der Waals surface area (Å²) in [6, 6.07) is 2.12. The lowest BCUT2D eigenvalue weighted by Gasteiger charge is -2.25. The van der Waals surface area contributed by atoms with Gasteiger partial charge in [-0.1, -0.05) is 6.92 Å². The SMILES string of the molecule is COC(=O)c1[nH]ncc1-c1c(C#N)c(N)nc2c1CCCC2C. The summed E-state index contributed by atoms with van der Waals surface area (Å²) >= 11 is 0. The molecule has 3 rings (SSSR count). The molecule has 1 unspecified atom stereocenters. The van der Waals surface area contributed by atoms with Gasteiger partial charge in [0.05, 0.1) is 13.3 Å². The van der Waals surface area contributed by atoms with Crippen LogP contribution in [0.5, 0.6) is 0 Å². The Balaban J connectivity index is 2.33. The van der Waals surface area contributed by atoms with Crippen LogP contribution in [0.4, 0.5) is 5.82 Å². The highest BCUT2D eigenvalue weighted by Crippen LogP contribution is 2.40. The lowest BCUT2D eigenvalue weighted by Crippen LogP contribution is -2.15. The third-order valence-corrected chi connectivity index (χ3v) is 4.30. The molecular weight excluding hydrogens is 294 g/mol. The van der Waals surface area contributed by atoms with E-state index >= 15 is 0 Å². The summed E-state index contributed by atoms with van der Waals surface area (Å²) < 4.78 is 4.79. The van der Waals surface area contributed by atoms with E-state index in [9.17, 15) is 10.1 Å². The van der Waals surface area contributed by atoms with Crippen molar-refractivity contribution in [2.24, 2.45) is 0 Å².